The highest BCUT2D eigenvalue weighted by atomic mass is 16.5. The van der Waals surface area contributed by atoms with Gasteiger partial charge in [0.1, 0.15) is 18.1 Å². The van der Waals surface area contributed by atoms with Crippen molar-refractivity contribution in [2.75, 3.05) is 38.3 Å². The van der Waals surface area contributed by atoms with Crippen molar-refractivity contribution in [2.45, 2.75) is 58.6 Å². The molecular formula is C30H38N2O5. The highest BCUT2D eigenvalue weighted by molar-refractivity contribution is 6.46. The van der Waals surface area contributed by atoms with Crippen LogP contribution in [-0.2, 0) is 19.7 Å². The van der Waals surface area contributed by atoms with Gasteiger partial charge in [-0.3, -0.25) is 9.59 Å². The third-order valence-corrected chi connectivity index (χ3v) is 6.95. The molecule has 0 aromatic heterocycles. The molecule has 1 atom stereocenters. The minimum absolute atomic E-state index is 0.0360. The lowest BCUT2D eigenvalue weighted by atomic mass is 9.85. The van der Waals surface area contributed by atoms with Gasteiger partial charge >= 0.3 is 0 Å². The van der Waals surface area contributed by atoms with Crippen molar-refractivity contribution in [3.05, 3.63) is 64.7 Å². The molecule has 7 nitrogen and oxygen atoms in total. The lowest BCUT2D eigenvalue weighted by Crippen LogP contribution is -2.31. The summed E-state index contributed by atoms with van der Waals surface area (Å²) in [4.78, 5) is 30.2. The van der Waals surface area contributed by atoms with Crippen LogP contribution in [0.2, 0.25) is 0 Å². The maximum atomic E-state index is 13.4. The molecule has 2 aromatic carbocycles. The zero-order valence-electron chi connectivity index (χ0n) is 22.7. The number of carbonyl (C=O) groups excluding carboxylic acids is 2. The van der Waals surface area contributed by atoms with Gasteiger partial charge in [0.15, 0.2) is 0 Å². The third-order valence-electron chi connectivity index (χ3n) is 6.95. The van der Waals surface area contributed by atoms with Crippen LogP contribution >= 0.6 is 0 Å². The number of Topliss-reactive ketones (excluding diaryl/α,β-unsaturated/α-hetero) is 1. The maximum Gasteiger partial charge on any atom is 0.295 e. The van der Waals surface area contributed by atoms with Gasteiger partial charge in [-0.2, -0.15) is 0 Å². The lowest BCUT2D eigenvalue weighted by Gasteiger charge is -2.28. The van der Waals surface area contributed by atoms with Crippen molar-refractivity contribution in [3.8, 4) is 5.75 Å². The van der Waals surface area contributed by atoms with Gasteiger partial charge in [0.25, 0.3) is 11.7 Å². The summed E-state index contributed by atoms with van der Waals surface area (Å²) < 4.78 is 11.4. The van der Waals surface area contributed by atoms with E-state index in [4.69, 9.17) is 9.47 Å². The number of rotatable bonds is 7. The van der Waals surface area contributed by atoms with Gasteiger partial charge in [-0.1, -0.05) is 45.0 Å². The quantitative estimate of drug-likeness (QED) is 0.245. The number of likely N-dealkylation sites (tertiary alicyclic amines) is 1. The summed E-state index contributed by atoms with van der Waals surface area (Å²) in [7, 11) is 1.96. The number of ketones is 1. The third kappa shape index (κ3) is 5.52. The predicted octanol–water partition coefficient (Wildman–Crippen LogP) is 5.05. The van der Waals surface area contributed by atoms with E-state index < -0.39 is 17.7 Å². The van der Waals surface area contributed by atoms with Crippen LogP contribution in [0.15, 0.2) is 48.0 Å². The van der Waals surface area contributed by atoms with Gasteiger partial charge in [0.2, 0.25) is 0 Å². The monoisotopic (exact) mass is 506 g/mol. The van der Waals surface area contributed by atoms with Crippen LogP contribution < -0.4 is 9.64 Å². The average Bonchev–Trinajstić information content (AvgIpc) is 3.10. The Morgan fingerprint density at radius 3 is 2.49 bits per heavy atom. The van der Waals surface area contributed by atoms with Crippen LogP contribution in [0.3, 0.4) is 0 Å². The Bertz CT molecular complexity index is 1190. The molecule has 2 aliphatic rings. The molecule has 2 aliphatic heterocycles. The number of benzene rings is 2. The average molecular weight is 507 g/mol. The number of likely N-dealkylation sites (N-methyl/N-ethyl adjacent to an activating group) is 1. The standard InChI is InChI=1S/C30H38N2O5/c1-19(2)36-16-7-14-32-26(20-8-11-22(12-9-20)30(3,4)5)25(28(34)29(32)35)27(33)21-10-13-24-23(18-21)31(6)15-17-37-24/h8-13,18-19,26,33H,7,14-17H2,1-6H3/b27-25-. The molecule has 2 heterocycles. The molecule has 37 heavy (non-hydrogen) atoms. The number of carbonyl (C=O) groups is 2. The summed E-state index contributed by atoms with van der Waals surface area (Å²) in [5.41, 5.74) is 3.33. The number of anilines is 1. The zero-order valence-corrected chi connectivity index (χ0v) is 22.7. The number of fused-ring (bicyclic) bond motifs is 1. The van der Waals surface area contributed by atoms with E-state index in [0.29, 0.717) is 31.7 Å². The van der Waals surface area contributed by atoms with Crippen molar-refractivity contribution < 1.29 is 24.2 Å². The summed E-state index contributed by atoms with van der Waals surface area (Å²) in [6.07, 6.45) is 0.672. The SMILES string of the molecule is CC(C)OCCCN1C(=O)C(=O)/C(=C(\O)c2ccc3c(c2)N(C)CCO3)C1c1ccc(C(C)(C)C)cc1. The highest BCUT2D eigenvalue weighted by Crippen LogP contribution is 2.41. The molecule has 0 aliphatic carbocycles. The van der Waals surface area contributed by atoms with Crippen molar-refractivity contribution in [1.29, 1.82) is 0 Å². The summed E-state index contributed by atoms with van der Waals surface area (Å²) in [6, 6.07) is 12.6. The van der Waals surface area contributed by atoms with Gasteiger partial charge in [0, 0.05) is 25.8 Å². The first-order chi connectivity index (χ1) is 17.5. The van der Waals surface area contributed by atoms with Crippen LogP contribution in [0.25, 0.3) is 5.76 Å². The number of aliphatic hydroxyl groups is 1. The van der Waals surface area contributed by atoms with Crippen LogP contribution in [0.4, 0.5) is 5.69 Å². The molecule has 198 valence electrons. The second-order valence-corrected chi connectivity index (χ2v) is 11.1. The number of nitrogens with zero attached hydrogens (tertiary/aromatic N) is 2. The Labute approximate surface area is 219 Å². The fourth-order valence-corrected chi connectivity index (χ4v) is 4.83. The van der Waals surface area contributed by atoms with E-state index in [2.05, 4.69) is 20.8 Å². The minimum atomic E-state index is -0.682. The Hall–Kier alpha value is -3.32. The van der Waals surface area contributed by atoms with Gasteiger partial charge in [0.05, 0.1) is 30.0 Å². The fourth-order valence-electron chi connectivity index (χ4n) is 4.83. The second kappa shape index (κ2) is 10.6. The summed E-state index contributed by atoms with van der Waals surface area (Å²) >= 11 is 0. The van der Waals surface area contributed by atoms with Crippen LogP contribution in [0.1, 0.15) is 63.8 Å². The summed E-state index contributed by atoms with van der Waals surface area (Å²) in [6.45, 7) is 12.5. The molecule has 1 unspecified atom stereocenters. The Balaban J connectivity index is 1.77. The van der Waals surface area contributed by atoms with E-state index in [1.807, 2.05) is 56.1 Å². The van der Waals surface area contributed by atoms with Crippen molar-refractivity contribution in [1.82, 2.24) is 4.90 Å². The second-order valence-electron chi connectivity index (χ2n) is 11.1. The molecule has 0 spiro atoms. The van der Waals surface area contributed by atoms with Crippen LogP contribution in [0.5, 0.6) is 5.75 Å². The molecule has 0 radical (unpaired) electrons. The number of amides is 1. The van der Waals surface area contributed by atoms with Crippen LogP contribution in [-0.4, -0.2) is 61.2 Å². The summed E-state index contributed by atoms with van der Waals surface area (Å²) in [5, 5.41) is 11.5. The number of hydrogen-bond donors (Lipinski definition) is 1. The van der Waals surface area contributed by atoms with Crippen molar-refractivity contribution in [2.24, 2.45) is 0 Å². The van der Waals surface area contributed by atoms with E-state index in [0.717, 1.165) is 29.1 Å². The topological polar surface area (TPSA) is 79.3 Å². The highest BCUT2D eigenvalue weighted by Gasteiger charge is 2.46. The molecule has 0 bridgehead atoms. The molecule has 1 fully saturated rings. The molecule has 7 heteroatoms. The lowest BCUT2D eigenvalue weighted by molar-refractivity contribution is -0.140. The number of hydrogen-bond acceptors (Lipinski definition) is 6. The van der Waals surface area contributed by atoms with E-state index in [1.165, 1.54) is 0 Å². The molecule has 4 rings (SSSR count). The van der Waals surface area contributed by atoms with E-state index in [9.17, 15) is 14.7 Å². The number of ether oxygens (including phenoxy) is 2. The summed E-state index contributed by atoms with van der Waals surface area (Å²) in [5.74, 6) is -0.722. The van der Waals surface area contributed by atoms with Crippen LogP contribution in [0, 0.1) is 0 Å². The Morgan fingerprint density at radius 1 is 1.14 bits per heavy atom. The van der Waals surface area contributed by atoms with E-state index in [-0.39, 0.29) is 22.9 Å². The predicted molar refractivity (Wildman–Crippen MR) is 145 cm³/mol. The first-order valence-corrected chi connectivity index (χ1v) is 13.0. The zero-order chi connectivity index (χ0) is 26.9. The Kier molecular flexibility index (Phi) is 7.64. The largest absolute Gasteiger partial charge is 0.507 e. The first kappa shape index (κ1) is 26.7. The maximum absolute atomic E-state index is 13.4. The number of aliphatic hydroxyl groups excluding tert-OH is 1. The van der Waals surface area contributed by atoms with Crippen molar-refractivity contribution >= 4 is 23.1 Å². The minimum Gasteiger partial charge on any atom is -0.507 e. The van der Waals surface area contributed by atoms with Crippen molar-refractivity contribution in [3.63, 3.8) is 0 Å². The molecule has 0 saturated carbocycles. The fraction of sp³-hybridized carbons (Fsp3) is 0.467. The van der Waals surface area contributed by atoms with Gasteiger partial charge in [-0.15, -0.1) is 0 Å². The Morgan fingerprint density at radius 2 is 1.84 bits per heavy atom. The van der Waals surface area contributed by atoms with Gasteiger partial charge in [-0.25, -0.2) is 0 Å². The van der Waals surface area contributed by atoms with E-state index >= 15 is 0 Å². The molecule has 1 N–H and O–H groups in total. The van der Waals surface area contributed by atoms with Gasteiger partial charge < -0.3 is 24.4 Å². The normalized spacial score (nSPS) is 19.4. The molecular weight excluding hydrogens is 468 g/mol. The molecule has 2 aromatic rings. The first-order valence-electron chi connectivity index (χ1n) is 13.0. The molecule has 1 saturated heterocycles. The van der Waals surface area contributed by atoms with E-state index in [1.54, 1.807) is 17.0 Å². The smallest absolute Gasteiger partial charge is 0.295 e. The molecule has 1 amide bonds. The van der Waals surface area contributed by atoms with Gasteiger partial charge in [-0.05, 0) is 55.0 Å².